The Kier molecular flexibility index (Phi) is 5.14. The lowest BCUT2D eigenvalue weighted by atomic mass is 9.98. The summed E-state index contributed by atoms with van der Waals surface area (Å²) in [4.78, 5) is 20.4. The number of hydrogen-bond donors (Lipinski definition) is 1. The summed E-state index contributed by atoms with van der Waals surface area (Å²) in [7, 11) is 0. The highest BCUT2D eigenvalue weighted by atomic mass is 32.1. The lowest BCUT2D eigenvalue weighted by Crippen LogP contribution is -2.53. The van der Waals surface area contributed by atoms with E-state index in [2.05, 4.69) is 29.0 Å². The van der Waals surface area contributed by atoms with Crippen LogP contribution in [0.2, 0.25) is 0 Å². The quantitative estimate of drug-likeness (QED) is 0.891. The van der Waals surface area contributed by atoms with Crippen molar-refractivity contribution in [3.63, 3.8) is 0 Å². The van der Waals surface area contributed by atoms with Gasteiger partial charge in [-0.3, -0.25) is 9.69 Å². The SMILES string of the molecule is CC(C)(CNC(=O)c1csc(-c2cccs2)n1)N1CCCCC1. The number of thiophene rings is 1. The van der Waals surface area contributed by atoms with E-state index in [1.165, 1.54) is 30.6 Å². The maximum Gasteiger partial charge on any atom is 0.270 e. The van der Waals surface area contributed by atoms with E-state index in [-0.39, 0.29) is 11.4 Å². The molecule has 1 aliphatic heterocycles. The molecule has 1 saturated heterocycles. The molecule has 0 unspecified atom stereocenters. The third kappa shape index (κ3) is 4.00. The number of carbonyl (C=O) groups excluding carboxylic acids is 1. The molecule has 1 N–H and O–H groups in total. The first-order chi connectivity index (χ1) is 11.1. The molecule has 0 aromatic carbocycles. The molecule has 2 aromatic heterocycles. The number of thiazole rings is 1. The van der Waals surface area contributed by atoms with Crippen molar-refractivity contribution in [3.8, 4) is 9.88 Å². The fourth-order valence-electron chi connectivity index (χ4n) is 2.89. The highest BCUT2D eigenvalue weighted by molar-refractivity contribution is 7.20. The zero-order chi connectivity index (χ0) is 16.3. The van der Waals surface area contributed by atoms with E-state index in [1.54, 1.807) is 11.3 Å². The van der Waals surface area contributed by atoms with Gasteiger partial charge in [-0.05, 0) is 51.2 Å². The third-order valence-electron chi connectivity index (χ3n) is 4.36. The van der Waals surface area contributed by atoms with E-state index < -0.39 is 0 Å². The fraction of sp³-hybridized carbons (Fsp3) is 0.529. The van der Waals surface area contributed by atoms with Crippen LogP contribution < -0.4 is 5.32 Å². The molecule has 0 atom stereocenters. The first-order valence-corrected chi connectivity index (χ1v) is 9.85. The molecule has 3 rings (SSSR count). The first kappa shape index (κ1) is 16.6. The highest BCUT2D eigenvalue weighted by Crippen LogP contribution is 2.27. The Hall–Kier alpha value is -1.24. The minimum atomic E-state index is -0.0749. The van der Waals surface area contributed by atoms with Crippen molar-refractivity contribution >= 4 is 28.6 Å². The van der Waals surface area contributed by atoms with Crippen molar-refractivity contribution in [2.75, 3.05) is 19.6 Å². The largest absolute Gasteiger partial charge is 0.349 e. The van der Waals surface area contributed by atoms with Gasteiger partial charge in [0.05, 0.1) is 4.88 Å². The van der Waals surface area contributed by atoms with Crippen LogP contribution in [-0.4, -0.2) is 41.0 Å². The third-order valence-corrected chi connectivity index (χ3v) is 6.24. The minimum Gasteiger partial charge on any atom is -0.349 e. The van der Waals surface area contributed by atoms with Gasteiger partial charge in [-0.25, -0.2) is 4.98 Å². The van der Waals surface area contributed by atoms with Crippen molar-refractivity contribution in [1.29, 1.82) is 0 Å². The molecule has 6 heteroatoms. The molecule has 0 saturated carbocycles. The van der Waals surface area contributed by atoms with Crippen molar-refractivity contribution in [2.24, 2.45) is 0 Å². The topological polar surface area (TPSA) is 45.2 Å². The normalized spacial score (nSPS) is 16.4. The molecule has 0 bridgehead atoms. The molecular formula is C17H23N3OS2. The molecule has 2 aromatic rings. The van der Waals surface area contributed by atoms with Gasteiger partial charge in [0.25, 0.3) is 5.91 Å². The van der Waals surface area contributed by atoms with E-state index in [4.69, 9.17) is 0 Å². The minimum absolute atomic E-state index is 0.0112. The molecular weight excluding hydrogens is 326 g/mol. The maximum absolute atomic E-state index is 12.4. The molecule has 0 radical (unpaired) electrons. The van der Waals surface area contributed by atoms with Gasteiger partial charge < -0.3 is 5.32 Å². The predicted molar refractivity (Wildman–Crippen MR) is 97.3 cm³/mol. The molecule has 4 nitrogen and oxygen atoms in total. The van der Waals surface area contributed by atoms with Crippen molar-refractivity contribution in [3.05, 3.63) is 28.6 Å². The molecule has 1 amide bonds. The molecule has 1 aliphatic rings. The Labute approximate surface area is 145 Å². The summed E-state index contributed by atoms with van der Waals surface area (Å²) in [6, 6.07) is 4.03. The van der Waals surface area contributed by atoms with Crippen LogP contribution in [0.3, 0.4) is 0 Å². The summed E-state index contributed by atoms with van der Waals surface area (Å²) in [5.74, 6) is -0.0749. The number of nitrogens with zero attached hydrogens (tertiary/aromatic N) is 2. The van der Waals surface area contributed by atoms with Crippen molar-refractivity contribution < 1.29 is 4.79 Å². The second-order valence-electron chi connectivity index (χ2n) is 6.56. The van der Waals surface area contributed by atoms with Gasteiger partial charge in [-0.1, -0.05) is 12.5 Å². The second kappa shape index (κ2) is 7.11. The number of rotatable bonds is 5. The van der Waals surface area contributed by atoms with Gasteiger partial charge in [0.2, 0.25) is 0 Å². The molecule has 23 heavy (non-hydrogen) atoms. The average Bonchev–Trinajstić information content (AvgIpc) is 3.24. The highest BCUT2D eigenvalue weighted by Gasteiger charge is 2.28. The van der Waals surface area contributed by atoms with Crippen LogP contribution in [0.1, 0.15) is 43.6 Å². The average molecular weight is 350 g/mol. The number of piperidine rings is 1. The van der Waals surface area contributed by atoms with Crippen LogP contribution >= 0.6 is 22.7 Å². The summed E-state index contributed by atoms with van der Waals surface area (Å²) in [5.41, 5.74) is 0.510. The van der Waals surface area contributed by atoms with Crippen LogP contribution in [0.15, 0.2) is 22.9 Å². The van der Waals surface area contributed by atoms with Gasteiger partial charge in [0.1, 0.15) is 10.7 Å². The first-order valence-electron chi connectivity index (χ1n) is 8.09. The Bertz CT molecular complexity index is 643. The fourth-order valence-corrected chi connectivity index (χ4v) is 4.50. The van der Waals surface area contributed by atoms with E-state index in [0.717, 1.165) is 23.0 Å². The predicted octanol–water partition coefficient (Wildman–Crippen LogP) is 3.87. The monoisotopic (exact) mass is 349 g/mol. The van der Waals surface area contributed by atoms with Gasteiger partial charge in [-0.2, -0.15) is 0 Å². The van der Waals surface area contributed by atoms with Gasteiger partial charge in [-0.15, -0.1) is 22.7 Å². The lowest BCUT2D eigenvalue weighted by molar-refractivity contribution is 0.0795. The van der Waals surface area contributed by atoms with E-state index in [0.29, 0.717) is 12.2 Å². The number of likely N-dealkylation sites (tertiary alicyclic amines) is 1. The summed E-state index contributed by atoms with van der Waals surface area (Å²) in [6.45, 7) is 7.31. The summed E-state index contributed by atoms with van der Waals surface area (Å²) < 4.78 is 0. The number of aromatic nitrogens is 1. The zero-order valence-corrected chi connectivity index (χ0v) is 15.3. The Morgan fingerprint density at radius 3 is 2.78 bits per heavy atom. The second-order valence-corrected chi connectivity index (χ2v) is 8.36. The van der Waals surface area contributed by atoms with Crippen LogP contribution in [0, 0.1) is 0 Å². The molecule has 124 valence electrons. The van der Waals surface area contributed by atoms with Crippen LogP contribution in [0.5, 0.6) is 0 Å². The Morgan fingerprint density at radius 1 is 1.30 bits per heavy atom. The van der Waals surface area contributed by atoms with Gasteiger partial charge in [0.15, 0.2) is 0 Å². The molecule has 1 fully saturated rings. The number of hydrogen-bond acceptors (Lipinski definition) is 5. The zero-order valence-electron chi connectivity index (χ0n) is 13.7. The van der Waals surface area contributed by atoms with Gasteiger partial charge >= 0.3 is 0 Å². The number of carbonyl (C=O) groups is 1. The summed E-state index contributed by atoms with van der Waals surface area (Å²) in [5, 5.41) is 7.85. The number of amides is 1. The Balaban J connectivity index is 1.58. The standard InChI is InChI=1S/C17H23N3OS2/c1-17(2,20-8-4-3-5-9-20)12-18-15(21)13-11-23-16(19-13)14-7-6-10-22-14/h6-7,10-11H,3-5,8-9,12H2,1-2H3,(H,18,21). The lowest BCUT2D eigenvalue weighted by Gasteiger charge is -2.41. The van der Waals surface area contributed by atoms with Gasteiger partial charge in [0, 0.05) is 17.5 Å². The maximum atomic E-state index is 12.4. The van der Waals surface area contributed by atoms with Crippen LogP contribution in [0.4, 0.5) is 0 Å². The van der Waals surface area contributed by atoms with Crippen LogP contribution in [-0.2, 0) is 0 Å². The summed E-state index contributed by atoms with van der Waals surface area (Å²) in [6.07, 6.45) is 3.84. The van der Waals surface area contributed by atoms with E-state index in [1.807, 2.05) is 22.9 Å². The Morgan fingerprint density at radius 2 is 2.09 bits per heavy atom. The van der Waals surface area contributed by atoms with E-state index in [9.17, 15) is 4.79 Å². The van der Waals surface area contributed by atoms with E-state index >= 15 is 0 Å². The van der Waals surface area contributed by atoms with Crippen LogP contribution in [0.25, 0.3) is 9.88 Å². The molecule has 0 aliphatic carbocycles. The number of nitrogens with one attached hydrogen (secondary N) is 1. The van der Waals surface area contributed by atoms with Crippen molar-refractivity contribution in [1.82, 2.24) is 15.2 Å². The van der Waals surface area contributed by atoms with Crippen molar-refractivity contribution in [2.45, 2.75) is 38.6 Å². The smallest absolute Gasteiger partial charge is 0.270 e. The summed E-state index contributed by atoms with van der Waals surface area (Å²) >= 11 is 3.17. The molecule has 0 spiro atoms. The molecule has 3 heterocycles.